The summed E-state index contributed by atoms with van der Waals surface area (Å²) in [6.45, 7) is 5.05. The third kappa shape index (κ3) is 3.92. The van der Waals surface area contributed by atoms with Gasteiger partial charge in [-0.3, -0.25) is 9.20 Å². The minimum atomic E-state index is -0.101. The second kappa shape index (κ2) is 9.03. The number of aryl methyl sites for hydroxylation is 4. The van der Waals surface area contributed by atoms with E-state index in [0.29, 0.717) is 10.7 Å². The van der Waals surface area contributed by atoms with Gasteiger partial charge in [0.05, 0.1) is 5.69 Å². The zero-order valence-electron chi connectivity index (χ0n) is 20.5. The Hall–Kier alpha value is -3.76. The smallest absolute Gasteiger partial charge is 0.273 e. The Morgan fingerprint density at radius 2 is 1.47 bits per heavy atom. The first-order valence-electron chi connectivity index (χ1n) is 12.5. The number of nitrogens with one attached hydrogen (secondary N) is 1. The van der Waals surface area contributed by atoms with Gasteiger partial charge in [-0.2, -0.15) is 0 Å². The minimum Gasteiger partial charge on any atom is -0.325 e. The largest absolute Gasteiger partial charge is 0.325 e. The summed E-state index contributed by atoms with van der Waals surface area (Å²) in [6.07, 6.45) is 5.24. The molecule has 1 aliphatic heterocycles. The predicted octanol–water partition coefficient (Wildman–Crippen LogP) is 7.93. The second-order valence-electron chi connectivity index (χ2n) is 9.71. The summed E-state index contributed by atoms with van der Waals surface area (Å²) in [5.41, 5.74) is 10.5. The molecule has 0 radical (unpaired) electrons. The van der Waals surface area contributed by atoms with Crippen LogP contribution in [0.4, 0.5) is 5.69 Å². The molecule has 0 bridgehead atoms. The van der Waals surface area contributed by atoms with Crippen molar-refractivity contribution in [3.63, 3.8) is 0 Å². The summed E-state index contributed by atoms with van der Waals surface area (Å²) < 4.78 is 4.50. The molecule has 0 atom stereocenters. The summed E-state index contributed by atoms with van der Waals surface area (Å²) in [7, 11) is 0. The maximum atomic E-state index is 14.0. The van der Waals surface area contributed by atoms with Crippen LogP contribution in [0, 0.1) is 13.8 Å². The number of carbonyl (C=O) groups is 1. The molecule has 0 unspecified atom stereocenters. The summed E-state index contributed by atoms with van der Waals surface area (Å²) >= 11 is 6.18. The second-order valence-corrected chi connectivity index (χ2v) is 10.1. The van der Waals surface area contributed by atoms with Gasteiger partial charge < -0.3 is 9.88 Å². The van der Waals surface area contributed by atoms with Gasteiger partial charge in [0.2, 0.25) is 0 Å². The number of nitrogens with zero attached hydrogens (tertiary/aromatic N) is 2. The number of halogens is 1. The molecule has 3 aromatic carbocycles. The van der Waals surface area contributed by atoms with E-state index >= 15 is 0 Å². The Morgan fingerprint density at radius 3 is 2.17 bits per heavy atom. The lowest BCUT2D eigenvalue weighted by Crippen LogP contribution is -2.15. The highest BCUT2D eigenvalue weighted by atomic mass is 35.5. The van der Waals surface area contributed by atoms with Crippen molar-refractivity contribution in [2.45, 2.75) is 39.7 Å². The highest BCUT2D eigenvalue weighted by Crippen LogP contribution is 2.40. The number of benzene rings is 3. The van der Waals surface area contributed by atoms with E-state index < -0.39 is 0 Å². The summed E-state index contributed by atoms with van der Waals surface area (Å²) in [4.78, 5) is 14.0. The molecule has 0 spiro atoms. The van der Waals surface area contributed by atoms with Crippen molar-refractivity contribution in [2.75, 3.05) is 5.32 Å². The van der Waals surface area contributed by atoms with Crippen LogP contribution in [-0.4, -0.2) is 14.9 Å². The third-order valence-corrected chi connectivity index (χ3v) is 7.39. The Bertz CT molecular complexity index is 1570. The number of hydrogen-bond donors (Lipinski definition) is 1. The van der Waals surface area contributed by atoms with Gasteiger partial charge in [0.15, 0.2) is 0 Å². The molecule has 2 aromatic heterocycles. The normalized spacial score (nSPS) is 13.1. The molecular weight excluding hydrogens is 466 g/mol. The molecular formula is C31H28ClN3O. The van der Waals surface area contributed by atoms with E-state index in [1.165, 1.54) is 11.1 Å². The standard InChI is InChI=1S/C31H28ClN3O/c1-20-6-10-23(11-7-20)28-26-5-3-4-18-34-27(22-12-14-24(32)15-13-22)19-35(31(26)34)29(28)30(36)33-25-16-8-21(2)9-17-25/h6-17,19H,3-5,18H2,1-2H3,(H,33,36). The van der Waals surface area contributed by atoms with Crippen LogP contribution in [-0.2, 0) is 13.0 Å². The summed E-state index contributed by atoms with van der Waals surface area (Å²) in [5, 5.41) is 3.88. The SMILES string of the molecule is Cc1ccc(NC(=O)c2c(-c3ccc(C)cc3)c3c4n(c(-c5ccc(Cl)cc5)cn24)CCCC3)cc1. The quantitative estimate of drug-likeness (QED) is 0.271. The molecule has 4 nitrogen and oxygen atoms in total. The monoisotopic (exact) mass is 493 g/mol. The first kappa shape index (κ1) is 22.7. The fraction of sp³-hybridized carbons (Fsp3) is 0.194. The van der Waals surface area contributed by atoms with Crippen LogP contribution in [0.1, 0.15) is 40.0 Å². The highest BCUT2D eigenvalue weighted by Gasteiger charge is 2.29. The molecule has 6 rings (SSSR count). The molecule has 3 heterocycles. The topological polar surface area (TPSA) is 38.4 Å². The zero-order valence-corrected chi connectivity index (χ0v) is 21.3. The average Bonchev–Trinajstić information content (AvgIpc) is 3.29. The molecule has 0 saturated carbocycles. The number of aromatic nitrogens is 2. The Labute approximate surface area is 216 Å². The first-order chi connectivity index (χ1) is 17.5. The van der Waals surface area contributed by atoms with E-state index in [9.17, 15) is 4.79 Å². The highest BCUT2D eigenvalue weighted by molar-refractivity contribution is 6.30. The first-order valence-corrected chi connectivity index (χ1v) is 12.8. The third-order valence-electron chi connectivity index (χ3n) is 7.14. The average molecular weight is 494 g/mol. The van der Waals surface area contributed by atoms with E-state index in [0.717, 1.165) is 65.1 Å². The lowest BCUT2D eigenvalue weighted by atomic mass is 9.97. The van der Waals surface area contributed by atoms with Gasteiger partial charge in [-0.25, -0.2) is 0 Å². The Morgan fingerprint density at radius 1 is 0.833 bits per heavy atom. The molecule has 0 aliphatic carbocycles. The molecule has 0 fully saturated rings. The lowest BCUT2D eigenvalue weighted by molar-refractivity contribution is 0.102. The lowest BCUT2D eigenvalue weighted by Gasteiger charge is -2.11. The van der Waals surface area contributed by atoms with Gasteiger partial charge in [-0.15, -0.1) is 0 Å². The number of hydrogen-bond acceptors (Lipinski definition) is 1. The molecule has 180 valence electrons. The predicted molar refractivity (Wildman–Crippen MR) is 148 cm³/mol. The van der Waals surface area contributed by atoms with E-state index in [1.807, 2.05) is 43.3 Å². The summed E-state index contributed by atoms with van der Waals surface area (Å²) in [6, 6.07) is 24.4. The minimum absolute atomic E-state index is 0.101. The molecule has 0 saturated heterocycles. The van der Waals surface area contributed by atoms with Gasteiger partial charge in [0, 0.05) is 34.6 Å². The number of amides is 1. The van der Waals surface area contributed by atoms with E-state index in [2.05, 4.69) is 63.8 Å². The number of anilines is 1. The van der Waals surface area contributed by atoms with E-state index in [1.54, 1.807) is 0 Å². The van der Waals surface area contributed by atoms with Crippen LogP contribution < -0.4 is 5.32 Å². The van der Waals surface area contributed by atoms with Crippen molar-refractivity contribution >= 4 is 28.8 Å². The van der Waals surface area contributed by atoms with Crippen LogP contribution in [0.3, 0.4) is 0 Å². The van der Waals surface area contributed by atoms with Crippen molar-refractivity contribution in [1.82, 2.24) is 8.97 Å². The molecule has 36 heavy (non-hydrogen) atoms. The molecule has 1 N–H and O–H groups in total. The molecule has 5 aromatic rings. The van der Waals surface area contributed by atoms with E-state index in [4.69, 9.17) is 11.6 Å². The molecule has 1 aliphatic rings. The van der Waals surface area contributed by atoms with Crippen LogP contribution in [0.2, 0.25) is 5.02 Å². The summed E-state index contributed by atoms with van der Waals surface area (Å²) in [5.74, 6) is -0.101. The maximum absolute atomic E-state index is 14.0. The van der Waals surface area contributed by atoms with Gasteiger partial charge >= 0.3 is 0 Å². The number of carbonyl (C=O) groups excluding carboxylic acids is 1. The van der Waals surface area contributed by atoms with Crippen molar-refractivity contribution in [3.8, 4) is 22.4 Å². The van der Waals surface area contributed by atoms with Crippen molar-refractivity contribution in [2.24, 2.45) is 0 Å². The number of rotatable bonds is 4. The van der Waals surface area contributed by atoms with Crippen molar-refractivity contribution < 1.29 is 4.79 Å². The van der Waals surface area contributed by atoms with E-state index in [-0.39, 0.29) is 5.91 Å². The zero-order chi connectivity index (χ0) is 24.8. The Kier molecular flexibility index (Phi) is 5.69. The molecule has 1 amide bonds. The van der Waals surface area contributed by atoms with Crippen LogP contribution in [0.15, 0.2) is 79.0 Å². The number of imidazole rings is 1. The fourth-order valence-corrected chi connectivity index (χ4v) is 5.44. The van der Waals surface area contributed by atoms with Crippen molar-refractivity contribution in [1.29, 1.82) is 0 Å². The van der Waals surface area contributed by atoms with Crippen LogP contribution >= 0.6 is 11.6 Å². The fourth-order valence-electron chi connectivity index (χ4n) is 5.32. The molecule has 5 heteroatoms. The van der Waals surface area contributed by atoms with Crippen LogP contribution in [0.25, 0.3) is 28.0 Å². The Balaban J connectivity index is 1.60. The maximum Gasteiger partial charge on any atom is 0.273 e. The van der Waals surface area contributed by atoms with Gasteiger partial charge in [0.1, 0.15) is 11.3 Å². The van der Waals surface area contributed by atoms with Gasteiger partial charge in [-0.05, 0) is 68.5 Å². The van der Waals surface area contributed by atoms with Crippen LogP contribution in [0.5, 0.6) is 0 Å². The van der Waals surface area contributed by atoms with Crippen molar-refractivity contribution in [3.05, 3.63) is 106 Å². The van der Waals surface area contributed by atoms with Gasteiger partial charge in [-0.1, -0.05) is 71.3 Å². The van der Waals surface area contributed by atoms with Gasteiger partial charge in [0.25, 0.3) is 5.91 Å².